The van der Waals surface area contributed by atoms with Crippen LogP contribution in [0.15, 0.2) is 23.9 Å². The molecular formula is C13H21NO2. The molecule has 0 spiro atoms. The van der Waals surface area contributed by atoms with E-state index in [4.69, 9.17) is 4.74 Å². The Morgan fingerprint density at radius 2 is 2.19 bits per heavy atom. The number of ether oxygens (including phenoxy) is 1. The Morgan fingerprint density at radius 1 is 1.62 bits per heavy atom. The SMILES string of the molecule is C=C(C)C(=O)OC1C=C(C)N(C)C(C)(C)C1. The fourth-order valence-electron chi connectivity index (χ4n) is 1.86. The number of rotatable bonds is 2. The van der Waals surface area contributed by atoms with Crippen molar-refractivity contribution in [2.45, 2.75) is 45.8 Å². The maximum atomic E-state index is 11.4. The minimum Gasteiger partial charge on any atom is -0.455 e. The Kier molecular flexibility index (Phi) is 3.46. The lowest BCUT2D eigenvalue weighted by Gasteiger charge is -2.43. The van der Waals surface area contributed by atoms with E-state index in [1.807, 2.05) is 13.0 Å². The zero-order valence-electron chi connectivity index (χ0n) is 10.8. The van der Waals surface area contributed by atoms with Crippen molar-refractivity contribution in [3.63, 3.8) is 0 Å². The van der Waals surface area contributed by atoms with Gasteiger partial charge in [0.15, 0.2) is 0 Å². The average molecular weight is 223 g/mol. The molecule has 1 heterocycles. The van der Waals surface area contributed by atoms with E-state index in [-0.39, 0.29) is 17.6 Å². The monoisotopic (exact) mass is 223 g/mol. The van der Waals surface area contributed by atoms with Gasteiger partial charge in [0.25, 0.3) is 0 Å². The molecule has 1 aliphatic rings. The van der Waals surface area contributed by atoms with Crippen LogP contribution in [0.5, 0.6) is 0 Å². The Labute approximate surface area is 97.8 Å². The molecule has 0 amide bonds. The van der Waals surface area contributed by atoms with Gasteiger partial charge in [-0.25, -0.2) is 4.79 Å². The van der Waals surface area contributed by atoms with Crippen molar-refractivity contribution in [2.24, 2.45) is 0 Å². The van der Waals surface area contributed by atoms with Crippen molar-refractivity contribution in [3.8, 4) is 0 Å². The van der Waals surface area contributed by atoms with Gasteiger partial charge in [-0.1, -0.05) is 6.58 Å². The average Bonchev–Trinajstić information content (AvgIpc) is 2.13. The van der Waals surface area contributed by atoms with Gasteiger partial charge >= 0.3 is 5.97 Å². The van der Waals surface area contributed by atoms with Crippen molar-refractivity contribution in [1.29, 1.82) is 0 Å². The van der Waals surface area contributed by atoms with Crippen LogP contribution in [-0.4, -0.2) is 29.6 Å². The molecule has 0 aromatic heterocycles. The van der Waals surface area contributed by atoms with E-state index in [0.717, 1.165) is 12.1 Å². The molecule has 1 unspecified atom stereocenters. The van der Waals surface area contributed by atoms with Crippen molar-refractivity contribution < 1.29 is 9.53 Å². The summed E-state index contributed by atoms with van der Waals surface area (Å²) in [4.78, 5) is 13.7. The van der Waals surface area contributed by atoms with Crippen LogP contribution in [0.4, 0.5) is 0 Å². The molecule has 90 valence electrons. The van der Waals surface area contributed by atoms with Crippen LogP contribution >= 0.6 is 0 Å². The van der Waals surface area contributed by atoms with Gasteiger partial charge in [-0.3, -0.25) is 0 Å². The highest BCUT2D eigenvalue weighted by molar-refractivity contribution is 5.87. The number of nitrogens with zero attached hydrogens (tertiary/aromatic N) is 1. The number of carbonyl (C=O) groups excluding carboxylic acids is 1. The maximum Gasteiger partial charge on any atom is 0.333 e. The molecule has 3 heteroatoms. The van der Waals surface area contributed by atoms with Crippen molar-refractivity contribution >= 4 is 5.97 Å². The molecule has 0 aromatic rings. The van der Waals surface area contributed by atoms with Gasteiger partial charge in [0.1, 0.15) is 6.10 Å². The predicted molar refractivity (Wildman–Crippen MR) is 64.9 cm³/mol. The van der Waals surface area contributed by atoms with Crippen LogP contribution in [0.1, 0.15) is 34.1 Å². The first-order valence-corrected chi connectivity index (χ1v) is 5.53. The second-order valence-electron chi connectivity index (χ2n) is 5.11. The summed E-state index contributed by atoms with van der Waals surface area (Å²) >= 11 is 0. The summed E-state index contributed by atoms with van der Waals surface area (Å²) in [6, 6.07) is 0. The maximum absolute atomic E-state index is 11.4. The number of carbonyl (C=O) groups is 1. The first-order valence-electron chi connectivity index (χ1n) is 5.53. The van der Waals surface area contributed by atoms with Crippen LogP contribution in [0.2, 0.25) is 0 Å². The first-order chi connectivity index (χ1) is 7.24. The number of hydrogen-bond donors (Lipinski definition) is 0. The van der Waals surface area contributed by atoms with Gasteiger partial charge in [-0.2, -0.15) is 0 Å². The smallest absolute Gasteiger partial charge is 0.333 e. The molecule has 0 radical (unpaired) electrons. The van der Waals surface area contributed by atoms with Crippen molar-refractivity contribution in [2.75, 3.05) is 7.05 Å². The number of esters is 1. The molecule has 0 aromatic carbocycles. The van der Waals surface area contributed by atoms with E-state index in [0.29, 0.717) is 5.57 Å². The zero-order valence-corrected chi connectivity index (χ0v) is 10.8. The lowest BCUT2D eigenvalue weighted by Crippen LogP contribution is -2.46. The highest BCUT2D eigenvalue weighted by Gasteiger charge is 2.33. The van der Waals surface area contributed by atoms with Crippen molar-refractivity contribution in [1.82, 2.24) is 4.90 Å². The number of hydrogen-bond acceptors (Lipinski definition) is 3. The van der Waals surface area contributed by atoms with Gasteiger partial charge in [0.05, 0.1) is 0 Å². The molecule has 1 rings (SSSR count). The van der Waals surface area contributed by atoms with Crippen LogP contribution in [-0.2, 0) is 9.53 Å². The quantitative estimate of drug-likeness (QED) is 0.532. The molecular weight excluding hydrogens is 202 g/mol. The minimum absolute atomic E-state index is 0.0128. The van der Waals surface area contributed by atoms with E-state index < -0.39 is 0 Å². The van der Waals surface area contributed by atoms with Gasteiger partial charge < -0.3 is 9.64 Å². The largest absolute Gasteiger partial charge is 0.455 e. The van der Waals surface area contributed by atoms with Gasteiger partial charge in [0, 0.05) is 30.3 Å². The number of allylic oxidation sites excluding steroid dienone is 1. The molecule has 16 heavy (non-hydrogen) atoms. The van der Waals surface area contributed by atoms with E-state index in [1.54, 1.807) is 6.92 Å². The minimum atomic E-state index is -0.311. The topological polar surface area (TPSA) is 29.5 Å². The van der Waals surface area contributed by atoms with Crippen molar-refractivity contribution in [3.05, 3.63) is 23.9 Å². The summed E-state index contributed by atoms with van der Waals surface area (Å²) in [6.07, 6.45) is 2.65. The zero-order chi connectivity index (χ0) is 12.5. The second-order valence-corrected chi connectivity index (χ2v) is 5.11. The molecule has 0 bridgehead atoms. The molecule has 0 aliphatic carbocycles. The third-order valence-electron chi connectivity index (χ3n) is 3.17. The fraction of sp³-hybridized carbons (Fsp3) is 0.615. The molecule has 1 aliphatic heterocycles. The molecule has 0 saturated carbocycles. The summed E-state index contributed by atoms with van der Waals surface area (Å²) in [5.74, 6) is -0.311. The first kappa shape index (κ1) is 12.8. The van der Waals surface area contributed by atoms with E-state index in [1.165, 1.54) is 0 Å². The van der Waals surface area contributed by atoms with Crippen LogP contribution in [0.3, 0.4) is 0 Å². The summed E-state index contributed by atoms with van der Waals surface area (Å²) < 4.78 is 5.37. The third-order valence-corrected chi connectivity index (χ3v) is 3.17. The summed E-state index contributed by atoms with van der Waals surface area (Å²) in [5, 5.41) is 0. The molecule has 0 N–H and O–H groups in total. The highest BCUT2D eigenvalue weighted by atomic mass is 16.5. The molecule has 0 fully saturated rings. The Morgan fingerprint density at radius 3 is 2.62 bits per heavy atom. The highest BCUT2D eigenvalue weighted by Crippen LogP contribution is 2.30. The normalized spacial score (nSPS) is 23.7. The molecule has 3 nitrogen and oxygen atoms in total. The van der Waals surface area contributed by atoms with Crippen LogP contribution in [0.25, 0.3) is 0 Å². The van der Waals surface area contributed by atoms with Gasteiger partial charge in [-0.15, -0.1) is 0 Å². The Hall–Kier alpha value is -1.25. The lowest BCUT2D eigenvalue weighted by atomic mass is 9.90. The van der Waals surface area contributed by atoms with Gasteiger partial charge in [0.2, 0.25) is 0 Å². The Bertz CT molecular complexity index is 342. The van der Waals surface area contributed by atoms with Crippen LogP contribution < -0.4 is 0 Å². The summed E-state index contributed by atoms with van der Waals surface area (Å²) in [5.41, 5.74) is 1.59. The lowest BCUT2D eigenvalue weighted by molar-refractivity contribution is -0.143. The van der Waals surface area contributed by atoms with Gasteiger partial charge in [-0.05, 0) is 33.8 Å². The fourth-order valence-corrected chi connectivity index (χ4v) is 1.86. The van der Waals surface area contributed by atoms with E-state index in [9.17, 15) is 4.79 Å². The second kappa shape index (κ2) is 4.32. The standard InChI is InChI=1S/C13H21NO2/c1-9(2)12(15)16-11-7-10(3)14(6)13(4,5)8-11/h7,11H,1,8H2,2-6H3. The molecule has 1 atom stereocenters. The van der Waals surface area contributed by atoms with E-state index in [2.05, 4.69) is 32.4 Å². The Balaban J connectivity index is 2.78. The third kappa shape index (κ3) is 2.65. The van der Waals surface area contributed by atoms with Crippen LogP contribution in [0, 0.1) is 0 Å². The molecule has 0 saturated heterocycles. The summed E-state index contributed by atoms with van der Waals surface area (Å²) in [6.45, 7) is 11.6. The predicted octanol–water partition coefficient (Wildman–Crippen LogP) is 2.49. The van der Waals surface area contributed by atoms with E-state index >= 15 is 0 Å². The summed E-state index contributed by atoms with van der Waals surface area (Å²) in [7, 11) is 2.06.